The van der Waals surface area contributed by atoms with Crippen LogP contribution in [0, 0.1) is 13.8 Å². The van der Waals surface area contributed by atoms with Crippen molar-refractivity contribution < 1.29 is 13.2 Å². The first-order chi connectivity index (χ1) is 12.8. The van der Waals surface area contributed by atoms with Gasteiger partial charge in [-0.2, -0.15) is 0 Å². The van der Waals surface area contributed by atoms with Gasteiger partial charge in [-0.05, 0) is 61.4 Å². The molecule has 0 aromatic heterocycles. The van der Waals surface area contributed by atoms with Crippen molar-refractivity contribution in [3.05, 3.63) is 64.7 Å². The van der Waals surface area contributed by atoms with Crippen LogP contribution in [0.3, 0.4) is 0 Å². The molecule has 0 aliphatic heterocycles. The summed E-state index contributed by atoms with van der Waals surface area (Å²) in [6, 6.07) is 13.5. The molecule has 0 heterocycles. The van der Waals surface area contributed by atoms with E-state index in [1.165, 1.54) is 9.87 Å². The standard InChI is InChI=1S/C21H26N2O3S/c1-15-8-6-13-20(16(15)2)23(27(3,25)26)14-21(24)22-19-12-7-10-17-9-4-5-11-18(17)19/h4-6,8-9,11,13,19H,7,10,12,14H2,1-3H3,(H,22,24)/t19-/m1/s1. The maximum absolute atomic E-state index is 12.7. The molecule has 2 aromatic carbocycles. The summed E-state index contributed by atoms with van der Waals surface area (Å²) in [6.07, 6.45) is 4.03. The molecule has 1 aliphatic rings. The van der Waals surface area contributed by atoms with Crippen LogP contribution < -0.4 is 9.62 Å². The van der Waals surface area contributed by atoms with E-state index in [1.807, 2.05) is 44.2 Å². The number of benzene rings is 2. The zero-order valence-corrected chi connectivity index (χ0v) is 16.8. The molecule has 0 bridgehead atoms. The fourth-order valence-electron chi connectivity index (χ4n) is 3.66. The Bertz CT molecular complexity index is 954. The third-order valence-corrected chi connectivity index (χ3v) is 6.36. The van der Waals surface area contributed by atoms with E-state index in [4.69, 9.17) is 0 Å². The van der Waals surface area contributed by atoms with E-state index in [1.54, 1.807) is 6.07 Å². The van der Waals surface area contributed by atoms with E-state index in [-0.39, 0.29) is 18.5 Å². The minimum atomic E-state index is -3.58. The molecule has 27 heavy (non-hydrogen) atoms. The number of anilines is 1. The number of amides is 1. The van der Waals surface area contributed by atoms with Crippen LogP contribution in [0.25, 0.3) is 0 Å². The molecule has 1 aliphatic carbocycles. The van der Waals surface area contributed by atoms with E-state index >= 15 is 0 Å². The second kappa shape index (κ2) is 7.72. The highest BCUT2D eigenvalue weighted by Gasteiger charge is 2.26. The van der Waals surface area contributed by atoms with Gasteiger partial charge in [0.05, 0.1) is 18.0 Å². The van der Waals surface area contributed by atoms with Crippen LogP contribution in [0.5, 0.6) is 0 Å². The molecule has 1 atom stereocenters. The normalized spacial score (nSPS) is 16.5. The molecular weight excluding hydrogens is 360 g/mol. The number of rotatable bonds is 5. The SMILES string of the molecule is Cc1cccc(N(CC(=O)N[C@@H]2CCCc3ccccc32)S(C)(=O)=O)c1C. The van der Waals surface area contributed by atoms with Crippen LogP contribution in [-0.4, -0.2) is 27.1 Å². The van der Waals surface area contributed by atoms with Crippen LogP contribution in [0.2, 0.25) is 0 Å². The monoisotopic (exact) mass is 386 g/mol. The number of fused-ring (bicyclic) bond motifs is 1. The van der Waals surface area contributed by atoms with Crippen LogP contribution in [0.4, 0.5) is 5.69 Å². The lowest BCUT2D eigenvalue weighted by molar-refractivity contribution is -0.120. The summed E-state index contributed by atoms with van der Waals surface area (Å²) in [7, 11) is -3.58. The smallest absolute Gasteiger partial charge is 0.241 e. The Morgan fingerprint density at radius 3 is 2.63 bits per heavy atom. The van der Waals surface area contributed by atoms with Crippen molar-refractivity contribution >= 4 is 21.6 Å². The molecule has 0 fully saturated rings. The van der Waals surface area contributed by atoms with Gasteiger partial charge in [0.15, 0.2) is 0 Å². The summed E-state index contributed by atoms with van der Waals surface area (Å²) in [4.78, 5) is 12.7. The number of carbonyl (C=O) groups excluding carboxylic acids is 1. The third kappa shape index (κ3) is 4.33. The molecule has 0 saturated carbocycles. The van der Waals surface area contributed by atoms with Crippen molar-refractivity contribution in [3.8, 4) is 0 Å². The summed E-state index contributed by atoms with van der Waals surface area (Å²) in [5.74, 6) is -0.289. The van der Waals surface area contributed by atoms with Crippen molar-refractivity contribution in [2.45, 2.75) is 39.2 Å². The number of hydrogen-bond donors (Lipinski definition) is 1. The average Bonchev–Trinajstić information content (AvgIpc) is 2.62. The van der Waals surface area contributed by atoms with Crippen molar-refractivity contribution in [1.82, 2.24) is 5.32 Å². The lowest BCUT2D eigenvalue weighted by Crippen LogP contribution is -2.42. The topological polar surface area (TPSA) is 66.5 Å². The van der Waals surface area contributed by atoms with E-state index in [0.29, 0.717) is 5.69 Å². The minimum absolute atomic E-state index is 0.0672. The predicted octanol–water partition coefficient (Wildman–Crippen LogP) is 3.26. The molecule has 5 nitrogen and oxygen atoms in total. The van der Waals surface area contributed by atoms with Crippen molar-refractivity contribution in [2.24, 2.45) is 0 Å². The number of hydrogen-bond acceptors (Lipinski definition) is 3. The fraction of sp³-hybridized carbons (Fsp3) is 0.381. The molecule has 1 N–H and O–H groups in total. The summed E-state index contributed by atoms with van der Waals surface area (Å²) in [5.41, 5.74) is 4.79. The molecule has 0 spiro atoms. The van der Waals surface area contributed by atoms with Gasteiger partial charge in [-0.15, -0.1) is 0 Å². The molecule has 144 valence electrons. The highest BCUT2D eigenvalue weighted by molar-refractivity contribution is 7.92. The van der Waals surface area contributed by atoms with E-state index in [2.05, 4.69) is 11.4 Å². The molecule has 0 radical (unpaired) electrons. The maximum atomic E-state index is 12.7. The van der Waals surface area contributed by atoms with E-state index in [9.17, 15) is 13.2 Å². The van der Waals surface area contributed by atoms with Crippen molar-refractivity contribution in [1.29, 1.82) is 0 Å². The number of sulfonamides is 1. The zero-order chi connectivity index (χ0) is 19.6. The first-order valence-electron chi connectivity index (χ1n) is 9.18. The quantitative estimate of drug-likeness (QED) is 0.858. The Balaban J connectivity index is 1.82. The van der Waals surface area contributed by atoms with Crippen molar-refractivity contribution in [2.75, 3.05) is 17.1 Å². The van der Waals surface area contributed by atoms with Gasteiger partial charge in [-0.1, -0.05) is 36.4 Å². The highest BCUT2D eigenvalue weighted by Crippen LogP contribution is 2.30. The van der Waals surface area contributed by atoms with Crippen LogP contribution in [-0.2, 0) is 21.2 Å². The Morgan fingerprint density at radius 2 is 1.89 bits per heavy atom. The lowest BCUT2D eigenvalue weighted by atomic mass is 9.88. The summed E-state index contributed by atoms with van der Waals surface area (Å²) < 4.78 is 25.9. The fourth-order valence-corrected chi connectivity index (χ4v) is 4.57. The Labute approximate surface area is 161 Å². The van der Waals surface area contributed by atoms with E-state index < -0.39 is 10.0 Å². The summed E-state index contributed by atoms with van der Waals surface area (Å²) in [5, 5.41) is 3.04. The van der Waals surface area contributed by atoms with Gasteiger partial charge in [0.1, 0.15) is 6.54 Å². The molecular formula is C21H26N2O3S. The first-order valence-corrected chi connectivity index (χ1v) is 11.0. The number of nitrogens with one attached hydrogen (secondary N) is 1. The van der Waals surface area contributed by atoms with Crippen LogP contribution >= 0.6 is 0 Å². The molecule has 2 aromatic rings. The highest BCUT2D eigenvalue weighted by atomic mass is 32.2. The molecule has 1 amide bonds. The number of nitrogens with zero attached hydrogens (tertiary/aromatic N) is 1. The second-order valence-electron chi connectivity index (χ2n) is 7.20. The first kappa shape index (κ1) is 19.4. The van der Waals surface area contributed by atoms with Gasteiger partial charge in [0.25, 0.3) is 0 Å². The predicted molar refractivity (Wildman–Crippen MR) is 108 cm³/mol. The second-order valence-corrected chi connectivity index (χ2v) is 9.11. The van der Waals surface area contributed by atoms with Gasteiger partial charge in [0, 0.05) is 0 Å². The largest absolute Gasteiger partial charge is 0.348 e. The van der Waals surface area contributed by atoms with Gasteiger partial charge in [-0.25, -0.2) is 8.42 Å². The van der Waals surface area contributed by atoms with Gasteiger partial charge >= 0.3 is 0 Å². The molecule has 3 rings (SSSR count). The Kier molecular flexibility index (Phi) is 5.56. The van der Waals surface area contributed by atoms with Gasteiger partial charge in [-0.3, -0.25) is 9.10 Å². The van der Waals surface area contributed by atoms with Crippen LogP contribution in [0.1, 0.15) is 41.1 Å². The Hall–Kier alpha value is -2.34. The molecule has 0 saturated heterocycles. The van der Waals surface area contributed by atoms with Gasteiger partial charge in [0.2, 0.25) is 15.9 Å². The summed E-state index contributed by atoms with van der Waals surface area (Å²) in [6.45, 7) is 3.58. The average molecular weight is 387 g/mol. The Morgan fingerprint density at radius 1 is 1.15 bits per heavy atom. The van der Waals surface area contributed by atoms with Crippen LogP contribution in [0.15, 0.2) is 42.5 Å². The molecule has 6 heteroatoms. The van der Waals surface area contributed by atoms with Gasteiger partial charge < -0.3 is 5.32 Å². The van der Waals surface area contributed by atoms with Crippen molar-refractivity contribution in [3.63, 3.8) is 0 Å². The zero-order valence-electron chi connectivity index (χ0n) is 16.0. The lowest BCUT2D eigenvalue weighted by Gasteiger charge is -2.28. The number of aryl methyl sites for hydroxylation is 2. The van der Waals surface area contributed by atoms with E-state index in [0.717, 1.165) is 42.2 Å². The third-order valence-electron chi connectivity index (χ3n) is 5.24. The maximum Gasteiger partial charge on any atom is 0.241 e. The summed E-state index contributed by atoms with van der Waals surface area (Å²) >= 11 is 0. The number of carbonyl (C=O) groups is 1. The molecule has 0 unspecified atom stereocenters. The minimum Gasteiger partial charge on any atom is -0.348 e.